The van der Waals surface area contributed by atoms with Crippen molar-refractivity contribution >= 4 is 11.6 Å². The number of anilines is 1. The molecule has 1 unspecified atom stereocenters. The summed E-state index contributed by atoms with van der Waals surface area (Å²) in [4.78, 5) is 12.5. The van der Waals surface area contributed by atoms with Crippen molar-refractivity contribution in [1.82, 2.24) is 0 Å². The van der Waals surface area contributed by atoms with E-state index in [0.29, 0.717) is 0 Å². The van der Waals surface area contributed by atoms with E-state index in [1.54, 1.807) is 0 Å². The highest BCUT2D eigenvalue weighted by molar-refractivity contribution is 6.04. The summed E-state index contributed by atoms with van der Waals surface area (Å²) in [7, 11) is 0. The average Bonchev–Trinajstić information content (AvgIpc) is 2.24. The minimum absolute atomic E-state index is 0.0801. The number of hydrogen-bond donors (Lipinski definition) is 1. The molecule has 0 aliphatic carbocycles. The highest BCUT2D eigenvalue weighted by atomic mass is 19.4. The Morgan fingerprint density at radius 2 is 2.00 bits per heavy atom. The average molecular weight is 246 g/mol. The zero-order valence-electron chi connectivity index (χ0n) is 8.57. The van der Waals surface area contributed by atoms with Gasteiger partial charge in [0.2, 0.25) is 5.91 Å². The highest BCUT2D eigenvalue weighted by Crippen LogP contribution is 2.34. The van der Waals surface area contributed by atoms with Crippen LogP contribution in [-0.2, 0) is 4.79 Å². The number of halogens is 3. The van der Waals surface area contributed by atoms with Crippen molar-refractivity contribution in [2.75, 3.05) is 11.4 Å². The molecular weight excluding hydrogens is 237 g/mol. The Hall–Kier alpha value is -1.76. The second-order valence-corrected chi connectivity index (χ2v) is 3.57. The van der Waals surface area contributed by atoms with Gasteiger partial charge in [0.25, 0.3) is 0 Å². The normalized spacial score (nSPS) is 20.1. The molecule has 1 aromatic rings. The lowest BCUT2D eigenvalue weighted by atomic mass is 10.1. The Morgan fingerprint density at radius 1 is 1.35 bits per heavy atom. The summed E-state index contributed by atoms with van der Waals surface area (Å²) in [6.07, 6.45) is -4.79. The van der Waals surface area contributed by atoms with Gasteiger partial charge < -0.3 is 15.4 Å². The van der Waals surface area contributed by atoms with E-state index in [4.69, 9.17) is 5.73 Å². The van der Waals surface area contributed by atoms with Crippen LogP contribution in [0.25, 0.3) is 0 Å². The maximum absolute atomic E-state index is 12.1. The van der Waals surface area contributed by atoms with Gasteiger partial charge in [0.05, 0.1) is 12.2 Å². The molecule has 1 saturated heterocycles. The van der Waals surface area contributed by atoms with Crippen molar-refractivity contribution in [2.24, 2.45) is 5.73 Å². The maximum Gasteiger partial charge on any atom is 0.573 e. The number of rotatable bonds is 2. The summed E-state index contributed by atoms with van der Waals surface area (Å²) < 4.78 is 40.2. The lowest BCUT2D eigenvalue weighted by molar-refractivity contribution is -0.274. The Kier molecular flexibility index (Phi) is 2.70. The van der Waals surface area contributed by atoms with Crippen molar-refractivity contribution in [3.63, 3.8) is 0 Å². The van der Waals surface area contributed by atoms with Gasteiger partial charge in [0.1, 0.15) is 6.04 Å². The zero-order chi connectivity index (χ0) is 12.6. The number of carbonyl (C=O) groups is 1. The standard InChI is InChI=1S/C10H9F3N2O2/c11-10(12,13)17-8-4-2-1-3-7(8)15-5-6(14)9(15)16/h1-4,6H,5,14H2. The van der Waals surface area contributed by atoms with Gasteiger partial charge in [0, 0.05) is 0 Å². The van der Waals surface area contributed by atoms with E-state index in [1.165, 1.54) is 18.2 Å². The van der Waals surface area contributed by atoms with Crippen LogP contribution in [0.3, 0.4) is 0 Å². The third kappa shape index (κ3) is 2.33. The first-order valence-corrected chi connectivity index (χ1v) is 4.80. The molecule has 92 valence electrons. The number of benzene rings is 1. The summed E-state index contributed by atoms with van der Waals surface area (Å²) in [5.41, 5.74) is 5.45. The van der Waals surface area contributed by atoms with Gasteiger partial charge in [-0.1, -0.05) is 12.1 Å². The van der Waals surface area contributed by atoms with Crippen molar-refractivity contribution in [2.45, 2.75) is 12.4 Å². The van der Waals surface area contributed by atoms with Gasteiger partial charge in [-0.2, -0.15) is 0 Å². The zero-order valence-corrected chi connectivity index (χ0v) is 8.57. The number of hydrogen-bond acceptors (Lipinski definition) is 3. The number of para-hydroxylation sites is 2. The highest BCUT2D eigenvalue weighted by Gasteiger charge is 2.38. The molecule has 0 bridgehead atoms. The third-order valence-corrected chi connectivity index (χ3v) is 2.34. The largest absolute Gasteiger partial charge is 0.573 e. The second-order valence-electron chi connectivity index (χ2n) is 3.57. The predicted octanol–water partition coefficient (Wildman–Crippen LogP) is 1.26. The Morgan fingerprint density at radius 3 is 2.53 bits per heavy atom. The van der Waals surface area contributed by atoms with Crippen molar-refractivity contribution < 1.29 is 22.7 Å². The topological polar surface area (TPSA) is 55.6 Å². The molecule has 2 N–H and O–H groups in total. The van der Waals surface area contributed by atoms with Crippen LogP contribution in [0.15, 0.2) is 24.3 Å². The van der Waals surface area contributed by atoms with Crippen LogP contribution in [0.5, 0.6) is 5.75 Å². The van der Waals surface area contributed by atoms with Crippen LogP contribution in [0, 0.1) is 0 Å². The fourth-order valence-corrected chi connectivity index (χ4v) is 1.56. The number of nitrogens with zero attached hydrogens (tertiary/aromatic N) is 1. The van der Waals surface area contributed by atoms with Gasteiger partial charge in [-0.15, -0.1) is 13.2 Å². The van der Waals surface area contributed by atoms with Crippen LogP contribution >= 0.6 is 0 Å². The molecule has 1 aliphatic rings. The Labute approximate surface area is 94.8 Å². The van der Waals surface area contributed by atoms with Crippen LogP contribution in [0.1, 0.15) is 0 Å². The second kappa shape index (κ2) is 3.92. The predicted molar refractivity (Wildman–Crippen MR) is 53.5 cm³/mol. The minimum atomic E-state index is -4.79. The number of nitrogens with two attached hydrogens (primary N) is 1. The lowest BCUT2D eigenvalue weighted by Gasteiger charge is -2.36. The van der Waals surface area contributed by atoms with Gasteiger partial charge in [-0.3, -0.25) is 4.79 Å². The number of β-lactam (4-membered cyclic amide) rings is 1. The first kappa shape index (κ1) is 11.7. The molecule has 7 heteroatoms. The van der Waals surface area contributed by atoms with Crippen LogP contribution in [0.4, 0.5) is 18.9 Å². The summed E-state index contributed by atoms with van der Waals surface area (Å²) >= 11 is 0. The van der Waals surface area contributed by atoms with E-state index < -0.39 is 24.1 Å². The van der Waals surface area contributed by atoms with Gasteiger partial charge >= 0.3 is 6.36 Å². The van der Waals surface area contributed by atoms with E-state index in [1.807, 2.05) is 0 Å². The first-order valence-electron chi connectivity index (χ1n) is 4.80. The smallest absolute Gasteiger partial charge is 0.404 e. The Balaban J connectivity index is 2.26. The molecule has 0 radical (unpaired) electrons. The number of carbonyl (C=O) groups excluding carboxylic acids is 1. The van der Waals surface area contributed by atoms with Crippen molar-refractivity contribution in [3.05, 3.63) is 24.3 Å². The number of alkyl halides is 3. The number of ether oxygens (including phenoxy) is 1. The van der Waals surface area contributed by atoms with E-state index in [-0.39, 0.29) is 12.2 Å². The molecule has 2 rings (SSSR count). The third-order valence-electron chi connectivity index (χ3n) is 2.34. The molecule has 1 aliphatic heterocycles. The maximum atomic E-state index is 12.1. The molecule has 1 aromatic carbocycles. The van der Waals surface area contributed by atoms with Crippen LogP contribution in [-0.4, -0.2) is 24.9 Å². The minimum Gasteiger partial charge on any atom is -0.404 e. The van der Waals surface area contributed by atoms with E-state index >= 15 is 0 Å². The number of amides is 1. The van der Waals surface area contributed by atoms with Gasteiger partial charge in [-0.05, 0) is 12.1 Å². The van der Waals surface area contributed by atoms with Crippen molar-refractivity contribution in [3.8, 4) is 5.75 Å². The first-order chi connectivity index (χ1) is 7.88. The fourth-order valence-electron chi connectivity index (χ4n) is 1.56. The van der Waals surface area contributed by atoms with Gasteiger partial charge in [0.15, 0.2) is 5.75 Å². The molecule has 0 spiro atoms. The van der Waals surface area contributed by atoms with E-state index in [2.05, 4.69) is 4.74 Å². The molecule has 1 fully saturated rings. The molecule has 17 heavy (non-hydrogen) atoms. The lowest BCUT2D eigenvalue weighted by Crippen LogP contribution is -2.61. The molecular formula is C10H9F3N2O2. The SMILES string of the molecule is NC1CN(c2ccccc2OC(F)(F)F)C1=O. The molecule has 0 saturated carbocycles. The van der Waals surface area contributed by atoms with Crippen LogP contribution in [0.2, 0.25) is 0 Å². The molecule has 1 atom stereocenters. The summed E-state index contributed by atoms with van der Waals surface area (Å²) in [6.45, 7) is 0.192. The van der Waals surface area contributed by atoms with Gasteiger partial charge in [-0.25, -0.2) is 0 Å². The summed E-state index contributed by atoms with van der Waals surface area (Å²) in [6, 6.07) is 4.81. The van der Waals surface area contributed by atoms with E-state index in [0.717, 1.165) is 11.0 Å². The monoisotopic (exact) mass is 246 g/mol. The molecule has 1 heterocycles. The summed E-state index contributed by atoms with van der Waals surface area (Å²) in [5, 5.41) is 0. The molecule has 1 amide bonds. The molecule has 0 aromatic heterocycles. The fraction of sp³-hybridized carbons (Fsp3) is 0.300. The summed E-state index contributed by atoms with van der Waals surface area (Å²) in [5.74, 6) is -0.816. The molecule has 4 nitrogen and oxygen atoms in total. The van der Waals surface area contributed by atoms with Crippen molar-refractivity contribution in [1.29, 1.82) is 0 Å². The Bertz CT molecular complexity index is 447. The van der Waals surface area contributed by atoms with Crippen LogP contribution < -0.4 is 15.4 Å². The quantitative estimate of drug-likeness (QED) is 0.799. The van der Waals surface area contributed by atoms with E-state index in [9.17, 15) is 18.0 Å².